The molecule has 0 saturated carbocycles. The Balaban J connectivity index is 1.47. The van der Waals surface area contributed by atoms with Crippen molar-refractivity contribution >= 4 is 17.3 Å². The molecular formula is C25H29N3O6. The molecule has 3 unspecified atom stereocenters. The van der Waals surface area contributed by atoms with Gasteiger partial charge in [0.25, 0.3) is 11.6 Å². The number of fused-ring (bicyclic) bond motifs is 2. The van der Waals surface area contributed by atoms with Crippen molar-refractivity contribution in [3.05, 3.63) is 69.8 Å². The number of piperidine rings is 1. The molecule has 3 atom stereocenters. The number of carbonyl (C=O) groups is 1. The van der Waals surface area contributed by atoms with E-state index in [-0.39, 0.29) is 30.3 Å². The number of ether oxygens (including phenoxy) is 2. The van der Waals surface area contributed by atoms with Crippen molar-refractivity contribution in [1.29, 1.82) is 0 Å². The standard InChI is InChI=1S/C25H29N3O6/c29-12-10-25(33-13-14-34-25)16-22-23-19(15-18-3-1-2-4-21(18)26-23)9-11-27(22)24(30)17-5-7-20(8-6-17)28(31)32/h1-8,19,22-23,26,29H,9-16H2. The zero-order chi connectivity index (χ0) is 23.7. The van der Waals surface area contributed by atoms with Gasteiger partial charge in [-0.05, 0) is 42.5 Å². The molecule has 5 rings (SSSR count). The van der Waals surface area contributed by atoms with E-state index < -0.39 is 10.7 Å². The zero-order valence-corrected chi connectivity index (χ0v) is 18.9. The van der Waals surface area contributed by atoms with Crippen molar-refractivity contribution in [1.82, 2.24) is 4.90 Å². The first-order valence-corrected chi connectivity index (χ1v) is 11.8. The van der Waals surface area contributed by atoms with E-state index in [4.69, 9.17) is 9.47 Å². The Kier molecular flexibility index (Phi) is 6.24. The Morgan fingerprint density at radius 3 is 2.62 bits per heavy atom. The summed E-state index contributed by atoms with van der Waals surface area (Å²) in [5, 5.41) is 24.4. The van der Waals surface area contributed by atoms with E-state index in [2.05, 4.69) is 17.4 Å². The summed E-state index contributed by atoms with van der Waals surface area (Å²) in [6, 6.07) is 13.7. The predicted molar refractivity (Wildman–Crippen MR) is 125 cm³/mol. The van der Waals surface area contributed by atoms with Crippen LogP contribution in [0.15, 0.2) is 48.5 Å². The molecule has 2 aromatic carbocycles. The van der Waals surface area contributed by atoms with Gasteiger partial charge in [0, 0.05) is 55.4 Å². The van der Waals surface area contributed by atoms with Crippen molar-refractivity contribution in [2.75, 3.05) is 31.7 Å². The SMILES string of the molecule is O=C(c1ccc([N+](=O)[O-])cc1)N1CCC2Cc3ccccc3NC2C1CC1(CCO)OCCO1. The molecule has 0 radical (unpaired) electrons. The Morgan fingerprint density at radius 1 is 1.18 bits per heavy atom. The number of aliphatic hydroxyl groups excluding tert-OH is 1. The summed E-state index contributed by atoms with van der Waals surface area (Å²) in [5.74, 6) is -0.766. The maximum absolute atomic E-state index is 13.6. The molecule has 2 N–H and O–H groups in total. The molecule has 34 heavy (non-hydrogen) atoms. The highest BCUT2D eigenvalue weighted by molar-refractivity contribution is 5.94. The second kappa shape index (κ2) is 9.32. The van der Waals surface area contributed by atoms with Gasteiger partial charge in [-0.1, -0.05) is 18.2 Å². The van der Waals surface area contributed by atoms with E-state index in [1.165, 1.54) is 29.8 Å². The van der Waals surface area contributed by atoms with E-state index in [1.807, 2.05) is 17.0 Å². The van der Waals surface area contributed by atoms with Gasteiger partial charge in [-0.25, -0.2) is 0 Å². The molecule has 0 aromatic heterocycles. The molecule has 2 aromatic rings. The number of para-hydroxylation sites is 1. The molecule has 9 nitrogen and oxygen atoms in total. The lowest BCUT2D eigenvalue weighted by molar-refractivity contribution is -0.384. The Bertz CT molecular complexity index is 1050. The third-order valence-corrected chi connectivity index (χ3v) is 7.30. The van der Waals surface area contributed by atoms with Gasteiger partial charge < -0.3 is 24.8 Å². The highest BCUT2D eigenvalue weighted by atomic mass is 16.7. The van der Waals surface area contributed by atoms with Crippen LogP contribution in [0.25, 0.3) is 0 Å². The van der Waals surface area contributed by atoms with E-state index in [1.54, 1.807) is 0 Å². The average Bonchev–Trinajstić information content (AvgIpc) is 3.31. The van der Waals surface area contributed by atoms with Gasteiger partial charge in [0.15, 0.2) is 5.79 Å². The molecular weight excluding hydrogens is 438 g/mol. The number of amides is 1. The van der Waals surface area contributed by atoms with Crippen molar-refractivity contribution in [2.45, 2.75) is 43.6 Å². The number of rotatable bonds is 6. The van der Waals surface area contributed by atoms with Gasteiger partial charge in [-0.3, -0.25) is 14.9 Å². The fourth-order valence-electron chi connectivity index (χ4n) is 5.63. The molecule has 3 heterocycles. The largest absolute Gasteiger partial charge is 0.396 e. The Hall–Kier alpha value is -3.01. The number of nitrogens with one attached hydrogen (secondary N) is 1. The zero-order valence-electron chi connectivity index (χ0n) is 18.9. The molecule has 9 heteroatoms. The lowest BCUT2D eigenvalue weighted by Gasteiger charge is -2.50. The molecule has 2 fully saturated rings. The second-order valence-electron chi connectivity index (χ2n) is 9.24. The molecule has 0 aliphatic carbocycles. The number of likely N-dealkylation sites (tertiary alicyclic amines) is 1. The van der Waals surface area contributed by atoms with Crippen LogP contribution in [0.4, 0.5) is 11.4 Å². The van der Waals surface area contributed by atoms with Gasteiger partial charge >= 0.3 is 0 Å². The van der Waals surface area contributed by atoms with Gasteiger partial charge in [0.05, 0.1) is 24.2 Å². The van der Waals surface area contributed by atoms with Crippen LogP contribution < -0.4 is 5.32 Å². The van der Waals surface area contributed by atoms with E-state index in [0.29, 0.717) is 44.1 Å². The fourth-order valence-corrected chi connectivity index (χ4v) is 5.63. The molecule has 3 aliphatic rings. The Labute approximate surface area is 197 Å². The number of benzene rings is 2. The van der Waals surface area contributed by atoms with Crippen LogP contribution >= 0.6 is 0 Å². The summed E-state index contributed by atoms with van der Waals surface area (Å²) in [4.78, 5) is 26.1. The average molecular weight is 468 g/mol. The minimum atomic E-state index is -0.937. The van der Waals surface area contributed by atoms with Crippen LogP contribution in [0.5, 0.6) is 0 Å². The summed E-state index contributed by atoms with van der Waals surface area (Å²) in [7, 11) is 0. The summed E-state index contributed by atoms with van der Waals surface area (Å²) in [6.45, 7) is 1.40. The normalized spacial score (nSPS) is 25.2. The number of hydrogen-bond acceptors (Lipinski definition) is 7. The van der Waals surface area contributed by atoms with Crippen molar-refractivity contribution < 1.29 is 24.3 Å². The number of nitro groups is 1. The predicted octanol–water partition coefficient (Wildman–Crippen LogP) is 2.98. The fraction of sp³-hybridized carbons (Fsp3) is 0.480. The molecule has 2 saturated heterocycles. The minimum absolute atomic E-state index is 0.00554. The number of anilines is 1. The maximum Gasteiger partial charge on any atom is 0.269 e. The number of nitro benzene ring substituents is 1. The van der Waals surface area contributed by atoms with Crippen LogP contribution in [0.2, 0.25) is 0 Å². The van der Waals surface area contributed by atoms with Crippen LogP contribution in [0.1, 0.15) is 35.2 Å². The van der Waals surface area contributed by atoms with Gasteiger partial charge in [0.1, 0.15) is 0 Å². The maximum atomic E-state index is 13.6. The third-order valence-electron chi connectivity index (χ3n) is 7.30. The molecule has 3 aliphatic heterocycles. The first-order chi connectivity index (χ1) is 16.5. The van der Waals surface area contributed by atoms with Crippen molar-refractivity contribution in [2.24, 2.45) is 5.92 Å². The molecule has 1 amide bonds. The first-order valence-electron chi connectivity index (χ1n) is 11.8. The van der Waals surface area contributed by atoms with Gasteiger partial charge in [0.2, 0.25) is 0 Å². The number of nitrogens with zero attached hydrogens (tertiary/aromatic N) is 2. The molecule has 0 bridgehead atoms. The van der Waals surface area contributed by atoms with Gasteiger partial charge in [-0.15, -0.1) is 0 Å². The van der Waals surface area contributed by atoms with Crippen molar-refractivity contribution in [3.8, 4) is 0 Å². The first kappa shape index (κ1) is 22.8. The lowest BCUT2D eigenvalue weighted by Crippen LogP contribution is -2.61. The summed E-state index contributed by atoms with van der Waals surface area (Å²) >= 11 is 0. The monoisotopic (exact) mass is 467 g/mol. The highest BCUT2D eigenvalue weighted by Crippen LogP contribution is 2.41. The molecule has 180 valence electrons. The Morgan fingerprint density at radius 2 is 1.91 bits per heavy atom. The number of aliphatic hydroxyl groups is 1. The topological polar surface area (TPSA) is 114 Å². The van der Waals surface area contributed by atoms with Crippen molar-refractivity contribution in [3.63, 3.8) is 0 Å². The minimum Gasteiger partial charge on any atom is -0.396 e. The van der Waals surface area contributed by atoms with Crippen LogP contribution in [-0.2, 0) is 15.9 Å². The summed E-state index contributed by atoms with van der Waals surface area (Å²) in [6.07, 6.45) is 2.54. The highest BCUT2D eigenvalue weighted by Gasteiger charge is 2.48. The molecule has 0 spiro atoms. The number of hydrogen-bond donors (Lipinski definition) is 2. The third kappa shape index (κ3) is 4.26. The van der Waals surface area contributed by atoms with E-state index in [0.717, 1.165) is 18.5 Å². The second-order valence-corrected chi connectivity index (χ2v) is 9.24. The quantitative estimate of drug-likeness (QED) is 0.496. The summed E-state index contributed by atoms with van der Waals surface area (Å²) in [5.41, 5.74) is 2.71. The van der Waals surface area contributed by atoms with E-state index >= 15 is 0 Å². The van der Waals surface area contributed by atoms with E-state index in [9.17, 15) is 20.0 Å². The van der Waals surface area contributed by atoms with Crippen LogP contribution in [0.3, 0.4) is 0 Å². The van der Waals surface area contributed by atoms with Crippen LogP contribution in [0, 0.1) is 16.0 Å². The smallest absolute Gasteiger partial charge is 0.269 e. The van der Waals surface area contributed by atoms with Crippen LogP contribution in [-0.4, -0.2) is 65.1 Å². The summed E-state index contributed by atoms with van der Waals surface area (Å²) < 4.78 is 12.0. The number of carbonyl (C=O) groups excluding carboxylic acids is 1. The van der Waals surface area contributed by atoms with Gasteiger partial charge in [-0.2, -0.15) is 0 Å². The number of non-ortho nitro benzene ring substituents is 1. The lowest BCUT2D eigenvalue weighted by atomic mass is 9.76.